The molecule has 0 aliphatic rings. The van der Waals surface area contributed by atoms with Gasteiger partial charge in [0.1, 0.15) is 5.75 Å². The minimum atomic E-state index is -0.596. The van der Waals surface area contributed by atoms with E-state index in [0.29, 0.717) is 5.75 Å². The SMILES string of the molecule is COc1cncc(C(=O)C=O)c1. The van der Waals surface area contributed by atoms with Gasteiger partial charge in [-0.25, -0.2) is 0 Å². The lowest BCUT2D eigenvalue weighted by molar-refractivity contribution is -0.104. The topological polar surface area (TPSA) is 56.3 Å². The Labute approximate surface area is 69.2 Å². The molecule has 0 spiro atoms. The predicted molar refractivity (Wildman–Crippen MR) is 41.2 cm³/mol. The van der Waals surface area contributed by atoms with Crippen molar-refractivity contribution >= 4 is 12.1 Å². The Hall–Kier alpha value is -1.71. The molecule has 0 aliphatic heterocycles. The molecule has 1 heterocycles. The molecule has 0 amide bonds. The minimum Gasteiger partial charge on any atom is -0.495 e. The zero-order valence-corrected chi connectivity index (χ0v) is 6.48. The third-order valence-electron chi connectivity index (χ3n) is 1.34. The lowest BCUT2D eigenvalue weighted by atomic mass is 10.2. The van der Waals surface area contributed by atoms with E-state index in [4.69, 9.17) is 4.74 Å². The van der Waals surface area contributed by atoms with Crippen molar-refractivity contribution in [2.75, 3.05) is 7.11 Å². The van der Waals surface area contributed by atoms with E-state index in [1.54, 1.807) is 0 Å². The number of carbonyl (C=O) groups is 2. The number of ether oxygens (including phenoxy) is 1. The summed E-state index contributed by atoms with van der Waals surface area (Å²) in [6.45, 7) is 0. The summed E-state index contributed by atoms with van der Waals surface area (Å²) < 4.78 is 4.82. The van der Waals surface area contributed by atoms with E-state index in [-0.39, 0.29) is 11.8 Å². The molecule has 4 nitrogen and oxygen atoms in total. The van der Waals surface area contributed by atoms with Crippen molar-refractivity contribution in [2.24, 2.45) is 0 Å². The summed E-state index contributed by atoms with van der Waals surface area (Å²) in [5.74, 6) is -0.135. The lowest BCUT2D eigenvalue weighted by Crippen LogP contribution is -2.00. The van der Waals surface area contributed by atoms with E-state index >= 15 is 0 Å². The van der Waals surface area contributed by atoms with Gasteiger partial charge in [0.05, 0.1) is 13.3 Å². The Bertz CT molecular complexity index is 309. The Kier molecular flexibility index (Phi) is 2.53. The fourth-order valence-corrected chi connectivity index (χ4v) is 0.733. The number of nitrogens with zero attached hydrogens (tertiary/aromatic N) is 1. The van der Waals surface area contributed by atoms with Gasteiger partial charge >= 0.3 is 0 Å². The maximum absolute atomic E-state index is 10.8. The summed E-state index contributed by atoms with van der Waals surface area (Å²) in [6, 6.07) is 1.46. The standard InChI is InChI=1S/C8H7NO3/c1-12-7-2-6(3-9-4-7)8(11)5-10/h2-5H,1H3. The van der Waals surface area contributed by atoms with Crippen LogP contribution in [0.25, 0.3) is 0 Å². The van der Waals surface area contributed by atoms with Gasteiger partial charge in [0.15, 0.2) is 6.29 Å². The molecule has 0 saturated heterocycles. The third-order valence-corrected chi connectivity index (χ3v) is 1.34. The van der Waals surface area contributed by atoms with Gasteiger partial charge in [-0.15, -0.1) is 0 Å². The van der Waals surface area contributed by atoms with Crippen LogP contribution in [-0.2, 0) is 4.79 Å². The molecule has 0 aliphatic carbocycles. The molecule has 62 valence electrons. The van der Waals surface area contributed by atoms with Crippen molar-refractivity contribution in [3.05, 3.63) is 24.0 Å². The molecule has 0 unspecified atom stereocenters. The van der Waals surface area contributed by atoms with Gasteiger partial charge in [-0.2, -0.15) is 0 Å². The maximum Gasteiger partial charge on any atom is 0.227 e. The van der Waals surface area contributed by atoms with Crippen molar-refractivity contribution in [1.29, 1.82) is 0 Å². The van der Waals surface area contributed by atoms with Gasteiger partial charge < -0.3 is 4.74 Å². The zero-order valence-electron chi connectivity index (χ0n) is 6.48. The van der Waals surface area contributed by atoms with Crippen LogP contribution in [0.5, 0.6) is 5.75 Å². The van der Waals surface area contributed by atoms with Crippen LogP contribution in [-0.4, -0.2) is 24.2 Å². The molecule has 0 atom stereocenters. The van der Waals surface area contributed by atoms with Gasteiger partial charge in [0, 0.05) is 11.8 Å². The van der Waals surface area contributed by atoms with Crippen LogP contribution in [0.1, 0.15) is 10.4 Å². The van der Waals surface area contributed by atoms with Gasteiger partial charge in [-0.3, -0.25) is 14.6 Å². The van der Waals surface area contributed by atoms with Gasteiger partial charge in [-0.05, 0) is 6.07 Å². The highest BCUT2D eigenvalue weighted by Crippen LogP contribution is 2.09. The number of carbonyl (C=O) groups excluding carboxylic acids is 2. The Balaban J connectivity index is 3.01. The van der Waals surface area contributed by atoms with E-state index < -0.39 is 5.78 Å². The van der Waals surface area contributed by atoms with Gasteiger partial charge in [-0.1, -0.05) is 0 Å². The van der Waals surface area contributed by atoms with Crippen LogP contribution in [0, 0.1) is 0 Å². The predicted octanol–water partition coefficient (Wildman–Crippen LogP) is 0.472. The molecular weight excluding hydrogens is 158 g/mol. The summed E-state index contributed by atoms with van der Waals surface area (Å²) in [6.07, 6.45) is 3.03. The number of aldehydes is 1. The molecule has 12 heavy (non-hydrogen) atoms. The van der Waals surface area contributed by atoms with E-state index in [1.165, 1.54) is 25.6 Å². The average molecular weight is 165 g/mol. The largest absolute Gasteiger partial charge is 0.495 e. The van der Waals surface area contributed by atoms with Gasteiger partial charge in [0.2, 0.25) is 5.78 Å². The molecular formula is C8H7NO3. The lowest BCUT2D eigenvalue weighted by Gasteiger charge is -1.98. The number of aromatic nitrogens is 1. The second-order valence-electron chi connectivity index (χ2n) is 2.10. The molecule has 0 radical (unpaired) electrons. The molecule has 0 saturated carbocycles. The van der Waals surface area contributed by atoms with Crippen molar-refractivity contribution in [3.63, 3.8) is 0 Å². The first kappa shape index (κ1) is 8.39. The van der Waals surface area contributed by atoms with Crippen LogP contribution in [0.3, 0.4) is 0 Å². The average Bonchev–Trinajstić information content (AvgIpc) is 2.17. The molecule has 1 rings (SSSR count). The normalized spacial score (nSPS) is 9.08. The van der Waals surface area contributed by atoms with E-state index in [1.807, 2.05) is 0 Å². The first-order chi connectivity index (χ1) is 5.77. The van der Waals surface area contributed by atoms with Crippen LogP contribution in [0.2, 0.25) is 0 Å². The van der Waals surface area contributed by atoms with E-state index in [9.17, 15) is 9.59 Å². The van der Waals surface area contributed by atoms with E-state index in [0.717, 1.165) is 0 Å². The summed E-state index contributed by atoms with van der Waals surface area (Å²) in [5, 5.41) is 0. The van der Waals surface area contributed by atoms with Crippen molar-refractivity contribution in [1.82, 2.24) is 4.98 Å². The molecule has 4 heteroatoms. The molecule has 1 aromatic rings. The third kappa shape index (κ3) is 1.66. The number of Topliss-reactive ketones (excluding diaryl/α,β-unsaturated/α-hetero) is 1. The van der Waals surface area contributed by atoms with Crippen LogP contribution in [0.15, 0.2) is 18.5 Å². The smallest absolute Gasteiger partial charge is 0.227 e. The number of rotatable bonds is 3. The highest BCUT2D eigenvalue weighted by molar-refractivity contribution is 6.33. The molecule has 0 N–H and O–H groups in total. The van der Waals surface area contributed by atoms with Crippen LogP contribution < -0.4 is 4.74 Å². The number of pyridine rings is 1. The second-order valence-corrected chi connectivity index (χ2v) is 2.10. The zero-order chi connectivity index (χ0) is 8.97. The highest BCUT2D eigenvalue weighted by Gasteiger charge is 2.04. The first-order valence-electron chi connectivity index (χ1n) is 3.26. The van der Waals surface area contributed by atoms with Gasteiger partial charge in [0.25, 0.3) is 0 Å². The van der Waals surface area contributed by atoms with Crippen LogP contribution in [0.4, 0.5) is 0 Å². The number of hydrogen-bond donors (Lipinski definition) is 0. The highest BCUT2D eigenvalue weighted by atomic mass is 16.5. The molecule has 0 fully saturated rings. The van der Waals surface area contributed by atoms with Crippen molar-refractivity contribution in [2.45, 2.75) is 0 Å². The Morgan fingerprint density at radius 1 is 1.58 bits per heavy atom. The Morgan fingerprint density at radius 3 is 2.92 bits per heavy atom. The van der Waals surface area contributed by atoms with Crippen molar-refractivity contribution < 1.29 is 14.3 Å². The minimum absolute atomic E-state index is 0.240. The van der Waals surface area contributed by atoms with E-state index in [2.05, 4.69) is 4.98 Å². The number of methoxy groups -OCH3 is 1. The number of ketones is 1. The second kappa shape index (κ2) is 3.61. The molecule has 0 aromatic carbocycles. The fraction of sp³-hybridized carbons (Fsp3) is 0.125. The monoisotopic (exact) mass is 165 g/mol. The number of hydrogen-bond acceptors (Lipinski definition) is 4. The fourth-order valence-electron chi connectivity index (χ4n) is 0.733. The van der Waals surface area contributed by atoms with Crippen LogP contribution >= 0.6 is 0 Å². The maximum atomic E-state index is 10.8. The first-order valence-corrected chi connectivity index (χ1v) is 3.26. The summed E-state index contributed by atoms with van der Waals surface area (Å²) >= 11 is 0. The van der Waals surface area contributed by atoms with Crippen molar-refractivity contribution in [3.8, 4) is 5.75 Å². The Morgan fingerprint density at radius 2 is 2.33 bits per heavy atom. The summed E-state index contributed by atoms with van der Waals surface area (Å²) in [5.41, 5.74) is 0.240. The molecule has 0 bridgehead atoms. The quantitative estimate of drug-likeness (QED) is 0.371. The summed E-state index contributed by atoms with van der Waals surface area (Å²) in [7, 11) is 1.46. The summed E-state index contributed by atoms with van der Waals surface area (Å²) in [4.78, 5) is 24.6. The molecule has 1 aromatic heterocycles.